The van der Waals surface area contributed by atoms with Crippen LogP contribution in [0.3, 0.4) is 0 Å². The Morgan fingerprint density at radius 2 is 2.05 bits per heavy atom. The SMILES string of the molecule is CCCN(C1CC(C)CC(C)(C)C1)C1COCC1C(=O)O. The molecule has 0 spiro atoms. The van der Waals surface area contributed by atoms with E-state index in [1.807, 2.05) is 0 Å². The Balaban J connectivity index is 2.16. The summed E-state index contributed by atoms with van der Waals surface area (Å²) in [4.78, 5) is 14.0. The molecule has 4 nitrogen and oxygen atoms in total. The molecule has 0 aromatic heterocycles. The first-order chi connectivity index (χ1) is 9.84. The maximum atomic E-state index is 11.5. The highest BCUT2D eigenvalue weighted by molar-refractivity contribution is 5.71. The maximum Gasteiger partial charge on any atom is 0.310 e. The monoisotopic (exact) mass is 297 g/mol. The molecule has 2 aliphatic rings. The predicted molar refractivity (Wildman–Crippen MR) is 83.3 cm³/mol. The van der Waals surface area contributed by atoms with Gasteiger partial charge in [0.2, 0.25) is 0 Å². The van der Waals surface area contributed by atoms with Gasteiger partial charge in [0.25, 0.3) is 0 Å². The van der Waals surface area contributed by atoms with Crippen LogP contribution in [0.25, 0.3) is 0 Å². The van der Waals surface area contributed by atoms with Crippen LogP contribution in [0.5, 0.6) is 0 Å². The molecule has 2 rings (SSSR count). The summed E-state index contributed by atoms with van der Waals surface area (Å²) < 4.78 is 5.51. The molecule has 4 atom stereocenters. The molecule has 1 aliphatic carbocycles. The Morgan fingerprint density at radius 1 is 1.33 bits per heavy atom. The second-order valence-corrected chi connectivity index (χ2v) is 7.85. The fourth-order valence-electron chi connectivity index (χ4n) is 4.53. The zero-order valence-corrected chi connectivity index (χ0v) is 14.0. The number of aliphatic carboxylic acids is 1. The second kappa shape index (κ2) is 6.66. The molecule has 1 saturated heterocycles. The zero-order valence-electron chi connectivity index (χ0n) is 14.0. The molecular formula is C17H31NO3. The van der Waals surface area contributed by atoms with Crippen molar-refractivity contribution in [2.24, 2.45) is 17.3 Å². The smallest absolute Gasteiger partial charge is 0.310 e. The Kier molecular flexibility index (Phi) is 5.31. The van der Waals surface area contributed by atoms with Crippen LogP contribution in [-0.4, -0.2) is 47.8 Å². The number of hydrogen-bond acceptors (Lipinski definition) is 3. The van der Waals surface area contributed by atoms with Gasteiger partial charge >= 0.3 is 5.97 Å². The lowest BCUT2D eigenvalue weighted by atomic mass is 9.70. The number of nitrogens with zero attached hydrogens (tertiary/aromatic N) is 1. The predicted octanol–water partition coefficient (Wildman–Crippen LogP) is 3.01. The summed E-state index contributed by atoms with van der Waals surface area (Å²) in [5, 5.41) is 9.45. The van der Waals surface area contributed by atoms with Crippen molar-refractivity contribution in [2.45, 2.75) is 65.5 Å². The molecule has 21 heavy (non-hydrogen) atoms. The summed E-state index contributed by atoms with van der Waals surface area (Å²) in [6.07, 6.45) is 4.69. The van der Waals surface area contributed by atoms with Gasteiger partial charge in [-0.05, 0) is 43.6 Å². The molecule has 1 heterocycles. The molecular weight excluding hydrogens is 266 g/mol. The highest BCUT2D eigenvalue weighted by Gasteiger charge is 2.43. The normalized spacial score (nSPS) is 36.0. The lowest BCUT2D eigenvalue weighted by molar-refractivity contribution is -0.143. The molecule has 1 aliphatic heterocycles. The van der Waals surface area contributed by atoms with E-state index in [1.54, 1.807) is 0 Å². The van der Waals surface area contributed by atoms with Gasteiger partial charge in [0.05, 0.1) is 19.1 Å². The van der Waals surface area contributed by atoms with E-state index in [2.05, 4.69) is 32.6 Å². The van der Waals surface area contributed by atoms with Crippen LogP contribution >= 0.6 is 0 Å². The fourth-order valence-corrected chi connectivity index (χ4v) is 4.53. The molecule has 122 valence electrons. The van der Waals surface area contributed by atoms with Crippen molar-refractivity contribution >= 4 is 5.97 Å². The number of carbonyl (C=O) groups is 1. The molecule has 0 aromatic carbocycles. The van der Waals surface area contributed by atoms with Gasteiger partial charge < -0.3 is 9.84 Å². The van der Waals surface area contributed by atoms with Gasteiger partial charge in [0.15, 0.2) is 0 Å². The Hall–Kier alpha value is -0.610. The van der Waals surface area contributed by atoms with Crippen LogP contribution in [0.15, 0.2) is 0 Å². The largest absolute Gasteiger partial charge is 0.481 e. The number of hydrogen-bond donors (Lipinski definition) is 1. The van der Waals surface area contributed by atoms with E-state index in [1.165, 1.54) is 19.3 Å². The summed E-state index contributed by atoms with van der Waals surface area (Å²) in [6.45, 7) is 11.1. The van der Waals surface area contributed by atoms with Crippen molar-refractivity contribution in [3.63, 3.8) is 0 Å². The van der Waals surface area contributed by atoms with Gasteiger partial charge in [0.1, 0.15) is 0 Å². The molecule has 1 N–H and O–H groups in total. The van der Waals surface area contributed by atoms with Crippen LogP contribution in [-0.2, 0) is 9.53 Å². The molecule has 1 saturated carbocycles. The summed E-state index contributed by atoms with van der Waals surface area (Å²) in [5.41, 5.74) is 0.354. The molecule has 0 radical (unpaired) electrons. The van der Waals surface area contributed by atoms with E-state index in [4.69, 9.17) is 4.74 Å². The first-order valence-electron chi connectivity index (χ1n) is 8.40. The summed E-state index contributed by atoms with van der Waals surface area (Å²) in [7, 11) is 0. The highest BCUT2D eigenvalue weighted by Crippen LogP contribution is 2.41. The Morgan fingerprint density at radius 3 is 2.62 bits per heavy atom. The molecule has 4 heteroatoms. The molecule has 0 bridgehead atoms. The third-order valence-corrected chi connectivity index (χ3v) is 5.11. The molecule has 0 aromatic rings. The second-order valence-electron chi connectivity index (χ2n) is 7.85. The van der Waals surface area contributed by atoms with E-state index in [0.717, 1.165) is 13.0 Å². The van der Waals surface area contributed by atoms with Crippen LogP contribution in [0.4, 0.5) is 0 Å². The highest BCUT2D eigenvalue weighted by atomic mass is 16.5. The zero-order chi connectivity index (χ0) is 15.6. The number of carboxylic acids is 1. The Labute approximate surface area is 128 Å². The summed E-state index contributed by atoms with van der Waals surface area (Å²) in [5.74, 6) is -0.359. The van der Waals surface area contributed by atoms with Gasteiger partial charge in [-0.3, -0.25) is 9.69 Å². The van der Waals surface area contributed by atoms with E-state index in [-0.39, 0.29) is 12.0 Å². The van der Waals surface area contributed by atoms with Crippen LogP contribution in [0.2, 0.25) is 0 Å². The van der Waals surface area contributed by atoms with E-state index in [9.17, 15) is 9.90 Å². The van der Waals surface area contributed by atoms with Gasteiger partial charge in [0, 0.05) is 12.1 Å². The van der Waals surface area contributed by atoms with Gasteiger partial charge in [-0.25, -0.2) is 0 Å². The average molecular weight is 297 g/mol. The lowest BCUT2D eigenvalue weighted by Gasteiger charge is -2.46. The number of carboxylic acid groups (broad SMARTS) is 1. The third-order valence-electron chi connectivity index (χ3n) is 5.11. The average Bonchev–Trinajstić information content (AvgIpc) is 2.82. The van der Waals surface area contributed by atoms with E-state index >= 15 is 0 Å². The van der Waals surface area contributed by atoms with E-state index < -0.39 is 5.97 Å². The lowest BCUT2D eigenvalue weighted by Crippen LogP contribution is -2.52. The minimum absolute atomic E-state index is 0.0496. The fraction of sp³-hybridized carbons (Fsp3) is 0.941. The van der Waals surface area contributed by atoms with Crippen molar-refractivity contribution < 1.29 is 14.6 Å². The van der Waals surface area contributed by atoms with Crippen molar-refractivity contribution in [1.29, 1.82) is 0 Å². The number of ether oxygens (including phenoxy) is 1. The van der Waals surface area contributed by atoms with Gasteiger partial charge in [-0.15, -0.1) is 0 Å². The minimum atomic E-state index is -0.707. The minimum Gasteiger partial charge on any atom is -0.481 e. The van der Waals surface area contributed by atoms with E-state index in [0.29, 0.717) is 30.6 Å². The summed E-state index contributed by atoms with van der Waals surface area (Å²) >= 11 is 0. The molecule has 0 amide bonds. The van der Waals surface area contributed by atoms with Gasteiger partial charge in [-0.1, -0.05) is 27.7 Å². The topological polar surface area (TPSA) is 49.8 Å². The number of rotatable bonds is 5. The van der Waals surface area contributed by atoms with Crippen molar-refractivity contribution in [3.05, 3.63) is 0 Å². The first kappa shape index (κ1) is 16.8. The van der Waals surface area contributed by atoms with Gasteiger partial charge in [-0.2, -0.15) is 0 Å². The maximum absolute atomic E-state index is 11.5. The third kappa shape index (κ3) is 3.98. The standard InChI is InChI=1S/C17H31NO3/c1-5-6-18(15-11-21-10-14(15)16(19)20)13-7-12(2)8-17(3,4)9-13/h12-15H,5-11H2,1-4H3,(H,19,20). The van der Waals surface area contributed by atoms with Crippen molar-refractivity contribution in [1.82, 2.24) is 4.90 Å². The molecule has 2 fully saturated rings. The van der Waals surface area contributed by atoms with Crippen LogP contribution in [0, 0.1) is 17.3 Å². The Bertz CT molecular complexity index is 369. The van der Waals surface area contributed by atoms with Crippen LogP contribution in [0.1, 0.15) is 53.4 Å². The quantitative estimate of drug-likeness (QED) is 0.847. The first-order valence-corrected chi connectivity index (χ1v) is 8.40. The molecule has 4 unspecified atom stereocenters. The van der Waals surface area contributed by atoms with Crippen molar-refractivity contribution in [2.75, 3.05) is 19.8 Å². The van der Waals surface area contributed by atoms with Crippen molar-refractivity contribution in [3.8, 4) is 0 Å². The van der Waals surface area contributed by atoms with Crippen LogP contribution < -0.4 is 0 Å². The summed E-state index contributed by atoms with van der Waals surface area (Å²) in [6, 6.07) is 0.547.